The van der Waals surface area contributed by atoms with Gasteiger partial charge in [-0.2, -0.15) is 8.78 Å². The number of rotatable bonds is 5. The van der Waals surface area contributed by atoms with Crippen molar-refractivity contribution in [2.24, 2.45) is 7.05 Å². The van der Waals surface area contributed by atoms with Gasteiger partial charge in [0.2, 0.25) is 9.84 Å². The Morgan fingerprint density at radius 1 is 1.25 bits per heavy atom. The van der Waals surface area contributed by atoms with E-state index in [9.17, 15) is 17.2 Å². The van der Waals surface area contributed by atoms with Crippen molar-refractivity contribution in [2.45, 2.75) is 17.2 Å². The minimum absolute atomic E-state index is 0.177. The lowest BCUT2D eigenvalue weighted by atomic mass is 10.3. The molecule has 2 rings (SSSR count). The molecule has 7 heteroatoms. The second-order valence-electron chi connectivity index (χ2n) is 4.34. The first-order valence-electron chi connectivity index (χ1n) is 5.87. The van der Waals surface area contributed by atoms with Gasteiger partial charge in [-0.15, -0.1) is 0 Å². The van der Waals surface area contributed by atoms with E-state index in [1.54, 1.807) is 6.07 Å². The van der Waals surface area contributed by atoms with Crippen molar-refractivity contribution in [2.75, 3.05) is 5.32 Å². The van der Waals surface area contributed by atoms with Crippen LogP contribution in [0.25, 0.3) is 0 Å². The lowest BCUT2D eigenvalue weighted by Crippen LogP contribution is -2.14. The summed E-state index contributed by atoms with van der Waals surface area (Å²) in [5.41, 5.74) is 1.11. The zero-order valence-electron chi connectivity index (χ0n) is 10.8. The molecule has 0 spiro atoms. The molecule has 1 aromatic heterocycles. The predicted molar refractivity (Wildman–Crippen MR) is 72.4 cm³/mol. The van der Waals surface area contributed by atoms with Crippen LogP contribution in [0.4, 0.5) is 14.5 Å². The van der Waals surface area contributed by atoms with Crippen LogP contribution in [0.3, 0.4) is 0 Å². The maximum absolute atomic E-state index is 12.6. The lowest BCUT2D eigenvalue weighted by molar-refractivity contribution is 0.235. The van der Waals surface area contributed by atoms with Crippen molar-refractivity contribution in [3.05, 3.63) is 48.3 Å². The van der Waals surface area contributed by atoms with E-state index in [1.165, 1.54) is 18.2 Å². The van der Waals surface area contributed by atoms with E-state index < -0.39 is 15.6 Å². The third-order valence-corrected chi connectivity index (χ3v) is 4.24. The third kappa shape index (κ3) is 2.98. The van der Waals surface area contributed by atoms with Crippen molar-refractivity contribution in [1.29, 1.82) is 0 Å². The maximum Gasteiger partial charge on any atom is 0.341 e. The van der Waals surface area contributed by atoms with Crippen LogP contribution in [0.5, 0.6) is 0 Å². The van der Waals surface area contributed by atoms with Gasteiger partial charge in [0.1, 0.15) is 0 Å². The largest absolute Gasteiger partial charge is 0.380 e. The Labute approximate surface area is 116 Å². The molecule has 20 heavy (non-hydrogen) atoms. The van der Waals surface area contributed by atoms with Crippen molar-refractivity contribution < 1.29 is 17.2 Å². The summed E-state index contributed by atoms with van der Waals surface area (Å²) in [4.78, 5) is -0.383. The summed E-state index contributed by atoms with van der Waals surface area (Å²) >= 11 is 0. The number of hydrogen-bond donors (Lipinski definition) is 1. The Bertz CT molecular complexity index is 696. The van der Waals surface area contributed by atoms with E-state index >= 15 is 0 Å². The number of para-hydroxylation sites is 1. The number of alkyl halides is 2. The van der Waals surface area contributed by atoms with Gasteiger partial charge in [0, 0.05) is 26.0 Å². The molecule has 1 N–H and O–H groups in total. The second kappa shape index (κ2) is 5.62. The van der Waals surface area contributed by atoms with E-state index in [4.69, 9.17) is 0 Å². The Morgan fingerprint density at radius 3 is 2.55 bits per heavy atom. The molecule has 0 aliphatic heterocycles. The highest BCUT2D eigenvalue weighted by molar-refractivity contribution is 7.91. The van der Waals surface area contributed by atoms with Crippen LogP contribution < -0.4 is 5.32 Å². The first-order chi connectivity index (χ1) is 9.41. The van der Waals surface area contributed by atoms with Gasteiger partial charge in [0.15, 0.2) is 0 Å². The summed E-state index contributed by atoms with van der Waals surface area (Å²) in [7, 11) is -2.75. The number of halogens is 2. The molecule has 0 amide bonds. The number of benzene rings is 1. The molecule has 0 aliphatic carbocycles. The first kappa shape index (κ1) is 14.5. The molecule has 108 valence electrons. The Kier molecular flexibility index (Phi) is 4.08. The second-order valence-corrected chi connectivity index (χ2v) is 6.23. The molecular formula is C13H14F2N2O2S. The van der Waals surface area contributed by atoms with E-state index in [-0.39, 0.29) is 10.6 Å². The zero-order valence-corrected chi connectivity index (χ0v) is 11.6. The number of sulfone groups is 1. The molecule has 2 aromatic rings. The number of anilines is 1. The molecule has 0 radical (unpaired) electrons. The Balaban J connectivity index is 2.25. The molecular weight excluding hydrogens is 286 g/mol. The van der Waals surface area contributed by atoms with Crippen molar-refractivity contribution >= 4 is 15.5 Å². The van der Waals surface area contributed by atoms with E-state index in [0.717, 1.165) is 5.56 Å². The van der Waals surface area contributed by atoms with Gasteiger partial charge in [-0.1, -0.05) is 12.1 Å². The lowest BCUT2D eigenvalue weighted by Gasteiger charge is -2.11. The number of nitrogens with zero attached hydrogens (tertiary/aromatic N) is 1. The quantitative estimate of drug-likeness (QED) is 0.923. The zero-order chi connectivity index (χ0) is 14.8. The number of hydrogen-bond acceptors (Lipinski definition) is 3. The molecule has 1 aromatic carbocycles. The van der Waals surface area contributed by atoms with E-state index in [1.807, 2.05) is 30.1 Å². The van der Waals surface area contributed by atoms with Crippen LogP contribution in [-0.2, 0) is 23.4 Å². The normalized spacial score (nSPS) is 11.8. The fraction of sp³-hybridized carbons (Fsp3) is 0.231. The predicted octanol–water partition coefficient (Wildman–Crippen LogP) is 2.63. The molecule has 0 bridgehead atoms. The van der Waals surface area contributed by atoms with Crippen molar-refractivity contribution in [1.82, 2.24) is 4.57 Å². The average Bonchev–Trinajstić information content (AvgIpc) is 2.82. The topological polar surface area (TPSA) is 51.1 Å². The SMILES string of the molecule is Cn1ccc(CNc2ccccc2S(=O)(=O)C(F)F)c1. The van der Waals surface area contributed by atoms with Crippen LogP contribution in [0, 0.1) is 0 Å². The third-order valence-electron chi connectivity index (χ3n) is 2.80. The summed E-state index contributed by atoms with van der Waals surface area (Å²) in [6, 6.07) is 7.52. The molecule has 0 aliphatic rings. The molecule has 1 heterocycles. The fourth-order valence-corrected chi connectivity index (χ4v) is 2.73. The van der Waals surface area contributed by atoms with Gasteiger partial charge < -0.3 is 9.88 Å². The average molecular weight is 300 g/mol. The van der Waals surface area contributed by atoms with Crippen LogP contribution in [-0.4, -0.2) is 18.7 Å². The van der Waals surface area contributed by atoms with Crippen LogP contribution >= 0.6 is 0 Å². The van der Waals surface area contributed by atoms with Crippen LogP contribution in [0.1, 0.15) is 5.56 Å². The highest BCUT2D eigenvalue weighted by Crippen LogP contribution is 2.26. The van der Waals surface area contributed by atoms with Crippen LogP contribution in [0.15, 0.2) is 47.6 Å². The standard InChI is InChI=1S/C13H14F2N2O2S/c1-17-7-6-10(9-17)8-16-11-4-2-3-5-12(11)20(18,19)13(14)15/h2-7,9,13,16H,8H2,1H3. The number of nitrogens with one attached hydrogen (secondary N) is 1. The van der Waals surface area contributed by atoms with Gasteiger partial charge in [-0.3, -0.25) is 0 Å². The highest BCUT2D eigenvalue weighted by Gasteiger charge is 2.28. The molecule has 0 saturated carbocycles. The fourth-order valence-electron chi connectivity index (χ4n) is 1.82. The highest BCUT2D eigenvalue weighted by atomic mass is 32.2. The molecule has 0 fully saturated rings. The first-order valence-corrected chi connectivity index (χ1v) is 7.41. The molecule has 0 unspecified atom stereocenters. The minimum Gasteiger partial charge on any atom is -0.380 e. The molecule has 4 nitrogen and oxygen atoms in total. The summed E-state index contributed by atoms with van der Waals surface area (Å²) < 4.78 is 50.2. The summed E-state index contributed by atoms with van der Waals surface area (Å²) in [5, 5.41) is 2.88. The van der Waals surface area contributed by atoms with Gasteiger partial charge >= 0.3 is 5.76 Å². The molecule has 0 saturated heterocycles. The summed E-state index contributed by atoms with van der Waals surface area (Å²) in [5.74, 6) is -3.43. The Morgan fingerprint density at radius 2 is 1.95 bits per heavy atom. The van der Waals surface area contributed by atoms with E-state index in [0.29, 0.717) is 6.54 Å². The molecule has 0 atom stereocenters. The maximum atomic E-state index is 12.6. The smallest absolute Gasteiger partial charge is 0.341 e. The van der Waals surface area contributed by atoms with Gasteiger partial charge in [0.05, 0.1) is 10.6 Å². The van der Waals surface area contributed by atoms with E-state index in [2.05, 4.69) is 5.32 Å². The van der Waals surface area contributed by atoms with Gasteiger partial charge in [-0.25, -0.2) is 8.42 Å². The van der Waals surface area contributed by atoms with Gasteiger partial charge in [-0.05, 0) is 23.8 Å². The van der Waals surface area contributed by atoms with Crippen LogP contribution in [0.2, 0.25) is 0 Å². The number of aromatic nitrogens is 1. The summed E-state index contributed by atoms with van der Waals surface area (Å²) in [6.07, 6.45) is 3.70. The van der Waals surface area contributed by atoms with Crippen molar-refractivity contribution in [3.63, 3.8) is 0 Å². The van der Waals surface area contributed by atoms with Gasteiger partial charge in [0.25, 0.3) is 0 Å². The Hall–Kier alpha value is -1.89. The monoisotopic (exact) mass is 300 g/mol. The van der Waals surface area contributed by atoms with Crippen molar-refractivity contribution in [3.8, 4) is 0 Å². The summed E-state index contributed by atoms with van der Waals surface area (Å²) in [6.45, 7) is 0.358. The number of aryl methyl sites for hydroxylation is 1. The minimum atomic E-state index is -4.61.